The quantitative estimate of drug-likeness (QED) is 0.244. The van der Waals surface area contributed by atoms with E-state index in [1.165, 1.54) is 0 Å². The average molecular weight is 636 g/mol. The van der Waals surface area contributed by atoms with Crippen LogP contribution >= 0.6 is 0 Å². The van der Waals surface area contributed by atoms with E-state index in [1.54, 1.807) is 0 Å². The van der Waals surface area contributed by atoms with Crippen molar-refractivity contribution in [3.05, 3.63) is 0 Å². The zero-order valence-electron chi connectivity index (χ0n) is 15.8. The number of hydrogen-bond acceptors (Lipinski definition) is 3. The van der Waals surface area contributed by atoms with E-state index in [9.17, 15) is 105 Å². The maximum absolute atomic E-state index is 13.8. The van der Waals surface area contributed by atoms with Gasteiger partial charge in [-0.15, -0.1) is 0 Å². The lowest BCUT2D eigenvalue weighted by Gasteiger charge is -2.42. The van der Waals surface area contributed by atoms with E-state index in [0.717, 1.165) is 14.2 Å². The van der Waals surface area contributed by atoms with Crippen molar-refractivity contribution in [3.8, 4) is 0 Å². The van der Waals surface area contributed by atoms with E-state index >= 15 is 0 Å². The standard InChI is InChI=1S/C11F24O3/c12-1(13,4(16,17)18)8(28,29)36-2(14,5(19,20)21)9(30,31)37-3(15,6(22,23)24)10(32,33)38-11(34,35)7(25,26)27. The summed E-state index contributed by atoms with van der Waals surface area (Å²) in [4.78, 5) is 0. The van der Waals surface area contributed by atoms with E-state index < -0.39 is 66.8 Å². The van der Waals surface area contributed by atoms with Crippen LogP contribution in [-0.2, 0) is 14.2 Å². The molecule has 0 N–H and O–H groups in total. The molecule has 0 aliphatic carbocycles. The van der Waals surface area contributed by atoms with Crippen LogP contribution in [0.4, 0.5) is 105 Å². The highest BCUT2D eigenvalue weighted by Gasteiger charge is 2.88. The van der Waals surface area contributed by atoms with Crippen molar-refractivity contribution >= 4 is 0 Å². The number of alkyl halides is 24. The fourth-order valence-electron chi connectivity index (χ4n) is 1.50. The van der Waals surface area contributed by atoms with Crippen molar-refractivity contribution in [2.45, 2.75) is 66.8 Å². The Bertz CT molecular complexity index is 832. The summed E-state index contributed by atoms with van der Waals surface area (Å²) in [5.74, 6) is -25.5. The molecule has 0 rings (SSSR count). The molecule has 0 aliphatic rings. The summed E-state index contributed by atoms with van der Waals surface area (Å²) < 4.78 is 307. The van der Waals surface area contributed by atoms with Gasteiger partial charge < -0.3 is 0 Å². The summed E-state index contributed by atoms with van der Waals surface area (Å²) in [5, 5.41) is 0. The number of rotatable bonds is 9. The van der Waals surface area contributed by atoms with E-state index in [0.29, 0.717) is 0 Å². The van der Waals surface area contributed by atoms with E-state index in [1.807, 2.05) is 0 Å². The third-order valence-electron chi connectivity index (χ3n) is 3.32. The van der Waals surface area contributed by atoms with Gasteiger partial charge in [-0.1, -0.05) is 0 Å². The largest absolute Gasteiger partial charge is 0.483 e. The van der Waals surface area contributed by atoms with E-state index in [4.69, 9.17) is 0 Å². The first kappa shape index (κ1) is 36.2. The van der Waals surface area contributed by atoms with Crippen molar-refractivity contribution in [2.75, 3.05) is 0 Å². The third-order valence-corrected chi connectivity index (χ3v) is 3.32. The Morgan fingerprint density at radius 1 is 0.237 bits per heavy atom. The van der Waals surface area contributed by atoms with Gasteiger partial charge in [-0.3, -0.25) is 9.47 Å². The van der Waals surface area contributed by atoms with Gasteiger partial charge in [-0.25, -0.2) is 4.74 Å². The molecule has 0 aromatic heterocycles. The van der Waals surface area contributed by atoms with Crippen molar-refractivity contribution in [1.29, 1.82) is 0 Å². The highest BCUT2D eigenvalue weighted by atomic mass is 19.4. The Hall–Kier alpha value is -1.80. The maximum atomic E-state index is 13.8. The van der Waals surface area contributed by atoms with Crippen molar-refractivity contribution in [1.82, 2.24) is 0 Å². The summed E-state index contributed by atoms with van der Waals surface area (Å²) >= 11 is 0. The Balaban J connectivity index is 7.07. The molecule has 27 heteroatoms. The highest BCUT2D eigenvalue weighted by molar-refractivity contribution is 4.97. The first-order valence-corrected chi connectivity index (χ1v) is 7.51. The molecule has 0 aliphatic heterocycles. The van der Waals surface area contributed by atoms with E-state index in [-0.39, 0.29) is 0 Å². The molecule has 0 heterocycles. The summed E-state index contributed by atoms with van der Waals surface area (Å²) in [6, 6.07) is 0. The SMILES string of the molecule is FC(F)(F)C(F)(F)OC(F)(F)C(F)(OC(F)(F)C(F)(OC(F)(F)C(F)(F)C(F)(F)F)C(F)(F)F)C(F)(F)F. The van der Waals surface area contributed by atoms with Crippen LogP contribution < -0.4 is 0 Å². The summed E-state index contributed by atoms with van der Waals surface area (Å²) in [6.45, 7) is 0. The van der Waals surface area contributed by atoms with Crippen LogP contribution in [0.3, 0.4) is 0 Å². The Labute approximate surface area is 188 Å². The van der Waals surface area contributed by atoms with Crippen molar-refractivity contribution in [3.63, 3.8) is 0 Å². The Morgan fingerprint density at radius 3 is 0.737 bits per heavy atom. The van der Waals surface area contributed by atoms with Crippen LogP contribution in [0.1, 0.15) is 0 Å². The molecule has 0 fully saturated rings. The molecule has 0 saturated carbocycles. The second kappa shape index (κ2) is 9.12. The minimum absolute atomic E-state index is 0.955. The molecule has 0 saturated heterocycles. The molecule has 0 aromatic rings. The molecule has 0 aromatic carbocycles. The third kappa shape index (κ3) is 6.01. The van der Waals surface area contributed by atoms with Gasteiger partial charge >= 0.3 is 66.8 Å². The molecule has 0 spiro atoms. The van der Waals surface area contributed by atoms with E-state index in [2.05, 4.69) is 0 Å². The van der Waals surface area contributed by atoms with Gasteiger partial charge in [0.15, 0.2) is 0 Å². The van der Waals surface area contributed by atoms with Gasteiger partial charge in [0.25, 0.3) is 0 Å². The second-order valence-corrected chi connectivity index (χ2v) is 6.13. The second-order valence-electron chi connectivity index (χ2n) is 6.13. The van der Waals surface area contributed by atoms with Gasteiger partial charge in [0.05, 0.1) is 0 Å². The fourth-order valence-corrected chi connectivity index (χ4v) is 1.50. The molecule has 2 atom stereocenters. The lowest BCUT2D eigenvalue weighted by atomic mass is 10.2. The van der Waals surface area contributed by atoms with Crippen molar-refractivity contribution < 1.29 is 120 Å². The van der Waals surface area contributed by atoms with Crippen LogP contribution in [-0.4, -0.2) is 66.8 Å². The molecular formula is C11F24O3. The Kier molecular flexibility index (Phi) is 8.69. The van der Waals surface area contributed by atoms with Crippen LogP contribution in [0, 0.1) is 0 Å². The van der Waals surface area contributed by atoms with Gasteiger partial charge in [0, 0.05) is 0 Å². The van der Waals surface area contributed by atoms with Crippen LogP contribution in [0.25, 0.3) is 0 Å². The molecule has 0 radical (unpaired) electrons. The molecule has 2 unspecified atom stereocenters. The normalized spacial score (nSPS) is 19.3. The van der Waals surface area contributed by atoms with Crippen LogP contribution in [0.15, 0.2) is 0 Å². The fraction of sp³-hybridized carbons (Fsp3) is 1.00. The molecular weight excluding hydrogens is 636 g/mol. The highest BCUT2D eigenvalue weighted by Crippen LogP contribution is 2.59. The smallest absolute Gasteiger partial charge is 0.263 e. The lowest BCUT2D eigenvalue weighted by Crippen LogP contribution is -2.70. The molecule has 0 amide bonds. The predicted octanol–water partition coefficient (Wildman–Crippen LogP) is 7.62. The lowest BCUT2D eigenvalue weighted by molar-refractivity contribution is -0.584. The summed E-state index contributed by atoms with van der Waals surface area (Å²) in [7, 11) is 0. The zero-order valence-corrected chi connectivity index (χ0v) is 15.8. The molecule has 230 valence electrons. The monoisotopic (exact) mass is 636 g/mol. The first-order valence-electron chi connectivity index (χ1n) is 7.51. The number of ether oxygens (including phenoxy) is 3. The minimum Gasteiger partial charge on any atom is -0.263 e. The van der Waals surface area contributed by atoms with Crippen LogP contribution in [0.5, 0.6) is 0 Å². The molecule has 0 bridgehead atoms. The topological polar surface area (TPSA) is 27.7 Å². The average Bonchev–Trinajstić information content (AvgIpc) is 2.55. The maximum Gasteiger partial charge on any atom is 0.483 e. The molecule has 3 nitrogen and oxygen atoms in total. The summed E-state index contributed by atoms with van der Waals surface area (Å²) in [5.41, 5.74) is 0. The predicted molar refractivity (Wildman–Crippen MR) is 59.9 cm³/mol. The first-order chi connectivity index (χ1) is 15.9. The van der Waals surface area contributed by atoms with Crippen molar-refractivity contribution in [2.24, 2.45) is 0 Å². The van der Waals surface area contributed by atoms with Gasteiger partial charge in [0.2, 0.25) is 0 Å². The Morgan fingerprint density at radius 2 is 0.500 bits per heavy atom. The number of hydrogen-bond donors (Lipinski definition) is 0. The summed E-state index contributed by atoms with van der Waals surface area (Å²) in [6.07, 6.45) is -65.5. The minimum atomic E-state index is -8.74. The van der Waals surface area contributed by atoms with Gasteiger partial charge in [0.1, 0.15) is 0 Å². The van der Waals surface area contributed by atoms with Gasteiger partial charge in [-0.2, -0.15) is 105 Å². The zero-order chi connectivity index (χ0) is 31.6. The number of halogens is 24. The van der Waals surface area contributed by atoms with Crippen LogP contribution in [0.2, 0.25) is 0 Å². The van der Waals surface area contributed by atoms with Gasteiger partial charge in [-0.05, 0) is 0 Å². The molecule has 38 heavy (non-hydrogen) atoms.